The number of hydrogen-bond acceptors (Lipinski definition) is 2. The third-order valence-corrected chi connectivity index (χ3v) is 4.29. The van der Waals surface area contributed by atoms with Gasteiger partial charge in [-0.15, -0.1) is 0 Å². The number of nitrogens with zero attached hydrogens (tertiary/aromatic N) is 1. The van der Waals surface area contributed by atoms with Crippen LogP contribution in [0.2, 0.25) is 0 Å². The minimum atomic E-state index is 0.597. The Morgan fingerprint density at radius 3 is 1.92 bits per heavy atom. The van der Waals surface area contributed by atoms with Crippen LogP contribution >= 0.6 is 0 Å². The third kappa shape index (κ3) is 3.50. The summed E-state index contributed by atoms with van der Waals surface area (Å²) >= 11 is 0. The lowest BCUT2D eigenvalue weighted by Gasteiger charge is -2.06. The van der Waals surface area contributed by atoms with Gasteiger partial charge < -0.3 is 4.42 Å². The quantitative estimate of drug-likeness (QED) is 0.440. The van der Waals surface area contributed by atoms with E-state index in [1.54, 1.807) is 0 Å². The van der Waals surface area contributed by atoms with Gasteiger partial charge in [-0.2, -0.15) is 0 Å². The lowest BCUT2D eigenvalue weighted by molar-refractivity contribution is 0.512. The molecule has 0 amide bonds. The molecule has 4 aromatic rings. The van der Waals surface area contributed by atoms with Gasteiger partial charge in [0.1, 0.15) is 5.76 Å². The summed E-state index contributed by atoms with van der Waals surface area (Å²) in [4.78, 5) is 4.75. The predicted octanol–water partition coefficient (Wildman–Crippen LogP) is 6.15. The molecule has 126 valence electrons. The van der Waals surface area contributed by atoms with Gasteiger partial charge in [0.15, 0.2) is 0 Å². The van der Waals surface area contributed by atoms with E-state index in [0.29, 0.717) is 5.55 Å². The van der Waals surface area contributed by atoms with E-state index in [0.717, 1.165) is 33.7 Å². The molecule has 0 radical (unpaired) electrons. The fourth-order valence-electron chi connectivity index (χ4n) is 2.89. The molecule has 0 aliphatic rings. The zero-order valence-corrected chi connectivity index (χ0v) is 14.6. The molecule has 0 N–H and O–H groups in total. The monoisotopic (exact) mass is 337 g/mol. The lowest BCUT2D eigenvalue weighted by Crippen LogP contribution is -2.02. The molecule has 0 unspecified atom stereocenters. The molecule has 4 rings (SSSR count). The van der Waals surface area contributed by atoms with Crippen LogP contribution in [0.1, 0.15) is 5.56 Å². The predicted molar refractivity (Wildman–Crippen MR) is 106 cm³/mol. The average molecular weight is 337 g/mol. The molecule has 26 heavy (non-hydrogen) atoms. The minimum Gasteiger partial charge on any atom is -0.438 e. The smallest absolute Gasteiger partial charge is 0.220 e. The zero-order chi connectivity index (χ0) is 17.8. The van der Waals surface area contributed by atoms with E-state index < -0.39 is 0 Å². The highest BCUT2D eigenvalue weighted by Gasteiger charge is 2.06. The van der Waals surface area contributed by atoms with Crippen LogP contribution in [0.5, 0.6) is 0 Å². The molecule has 0 fully saturated rings. The molecule has 0 saturated carbocycles. The number of aryl methyl sites for hydroxylation is 1. The molecule has 0 aliphatic heterocycles. The summed E-state index contributed by atoms with van der Waals surface area (Å²) in [5.41, 5.74) is 5.89. The van der Waals surface area contributed by atoms with Crippen molar-refractivity contribution in [2.45, 2.75) is 6.92 Å². The third-order valence-electron chi connectivity index (χ3n) is 4.29. The second-order valence-corrected chi connectivity index (χ2v) is 6.18. The molecule has 0 aliphatic carbocycles. The summed E-state index contributed by atoms with van der Waals surface area (Å²) in [6, 6.07) is 32.6. The van der Waals surface area contributed by atoms with E-state index in [2.05, 4.69) is 31.2 Å². The molecule has 2 nitrogen and oxygen atoms in total. The summed E-state index contributed by atoms with van der Waals surface area (Å²) in [7, 11) is 0. The molecule has 1 aromatic heterocycles. The van der Waals surface area contributed by atoms with Gasteiger partial charge in [0.25, 0.3) is 0 Å². The van der Waals surface area contributed by atoms with Crippen molar-refractivity contribution in [3.8, 4) is 22.5 Å². The van der Waals surface area contributed by atoms with E-state index in [1.807, 2.05) is 72.8 Å². The molecular weight excluding hydrogens is 318 g/mol. The van der Waals surface area contributed by atoms with Gasteiger partial charge in [0, 0.05) is 11.6 Å². The second-order valence-electron chi connectivity index (χ2n) is 6.18. The minimum absolute atomic E-state index is 0.597. The number of rotatable bonds is 3. The van der Waals surface area contributed by atoms with Gasteiger partial charge >= 0.3 is 0 Å². The van der Waals surface area contributed by atoms with Crippen molar-refractivity contribution in [3.63, 3.8) is 0 Å². The van der Waals surface area contributed by atoms with E-state index >= 15 is 0 Å². The van der Waals surface area contributed by atoms with Gasteiger partial charge in [0.05, 0.1) is 5.69 Å². The van der Waals surface area contributed by atoms with Crippen molar-refractivity contribution in [3.05, 3.63) is 108 Å². The van der Waals surface area contributed by atoms with Crippen molar-refractivity contribution in [1.82, 2.24) is 0 Å². The van der Waals surface area contributed by atoms with Crippen LogP contribution in [-0.4, -0.2) is 0 Å². The number of para-hydroxylation sites is 1. The molecule has 0 bridgehead atoms. The van der Waals surface area contributed by atoms with Crippen LogP contribution in [0.25, 0.3) is 22.5 Å². The van der Waals surface area contributed by atoms with Gasteiger partial charge in [-0.3, -0.25) is 0 Å². The zero-order valence-electron chi connectivity index (χ0n) is 14.6. The van der Waals surface area contributed by atoms with Gasteiger partial charge in [-0.25, -0.2) is 4.99 Å². The van der Waals surface area contributed by atoms with E-state index in [-0.39, 0.29) is 0 Å². The summed E-state index contributed by atoms with van der Waals surface area (Å²) in [5, 5.41) is 0. The molecule has 0 spiro atoms. The molecular formula is C24H19NO. The van der Waals surface area contributed by atoms with Crippen LogP contribution in [0.3, 0.4) is 0 Å². The average Bonchev–Trinajstić information content (AvgIpc) is 2.71. The van der Waals surface area contributed by atoms with Crippen LogP contribution in [0.4, 0.5) is 5.69 Å². The molecule has 2 heteroatoms. The van der Waals surface area contributed by atoms with Crippen LogP contribution in [0.15, 0.2) is 106 Å². The van der Waals surface area contributed by atoms with Crippen LogP contribution in [-0.2, 0) is 0 Å². The first kappa shape index (κ1) is 16.1. The Morgan fingerprint density at radius 2 is 1.23 bits per heavy atom. The van der Waals surface area contributed by atoms with Crippen LogP contribution < -0.4 is 5.55 Å². The SMILES string of the molecule is Cc1ccccc1N=c1cc(-c2ccccc2)cc(-c2ccccc2)o1. The lowest BCUT2D eigenvalue weighted by atomic mass is 10.0. The summed E-state index contributed by atoms with van der Waals surface area (Å²) < 4.78 is 6.12. The molecule has 0 saturated heterocycles. The maximum absolute atomic E-state index is 6.12. The Bertz CT molecular complexity index is 1020. The summed E-state index contributed by atoms with van der Waals surface area (Å²) in [6.45, 7) is 2.05. The summed E-state index contributed by atoms with van der Waals surface area (Å²) in [6.07, 6.45) is 0. The van der Waals surface area contributed by atoms with Gasteiger partial charge in [-0.1, -0.05) is 78.9 Å². The highest BCUT2D eigenvalue weighted by molar-refractivity contribution is 5.69. The second kappa shape index (κ2) is 7.24. The Morgan fingerprint density at radius 1 is 0.615 bits per heavy atom. The maximum atomic E-state index is 6.12. The van der Waals surface area contributed by atoms with Crippen molar-refractivity contribution in [2.24, 2.45) is 4.99 Å². The first-order chi connectivity index (χ1) is 12.8. The maximum Gasteiger partial charge on any atom is 0.220 e. The Labute approximate surface area is 153 Å². The van der Waals surface area contributed by atoms with Gasteiger partial charge in [-0.05, 0) is 35.7 Å². The topological polar surface area (TPSA) is 25.5 Å². The van der Waals surface area contributed by atoms with Crippen molar-refractivity contribution in [1.29, 1.82) is 0 Å². The standard InChI is InChI=1S/C24H19NO/c1-18-10-8-9-15-22(18)25-24-17-21(19-11-4-2-5-12-19)16-23(26-24)20-13-6-3-7-14-20/h2-17H,1H3. The Hall–Kier alpha value is -3.39. The highest BCUT2D eigenvalue weighted by Crippen LogP contribution is 2.25. The highest BCUT2D eigenvalue weighted by atomic mass is 16.3. The first-order valence-electron chi connectivity index (χ1n) is 8.66. The summed E-state index contributed by atoms with van der Waals surface area (Å²) in [5.74, 6) is 0.805. The molecule has 1 heterocycles. The van der Waals surface area contributed by atoms with Crippen molar-refractivity contribution in [2.75, 3.05) is 0 Å². The van der Waals surface area contributed by atoms with E-state index in [9.17, 15) is 0 Å². The van der Waals surface area contributed by atoms with Crippen molar-refractivity contribution >= 4 is 5.69 Å². The molecule has 0 atom stereocenters. The van der Waals surface area contributed by atoms with E-state index in [4.69, 9.17) is 9.41 Å². The normalized spacial score (nSPS) is 11.5. The van der Waals surface area contributed by atoms with Crippen molar-refractivity contribution < 1.29 is 4.42 Å². The van der Waals surface area contributed by atoms with Gasteiger partial charge in [0.2, 0.25) is 5.55 Å². The largest absolute Gasteiger partial charge is 0.438 e. The fourth-order valence-corrected chi connectivity index (χ4v) is 2.89. The van der Waals surface area contributed by atoms with Crippen LogP contribution in [0, 0.1) is 6.92 Å². The Balaban J connectivity index is 1.93. The fraction of sp³-hybridized carbons (Fsp3) is 0.0417. The number of benzene rings is 3. The first-order valence-corrected chi connectivity index (χ1v) is 8.66. The Kier molecular flexibility index (Phi) is 4.48. The van der Waals surface area contributed by atoms with E-state index in [1.165, 1.54) is 0 Å². The number of hydrogen-bond donors (Lipinski definition) is 0. The molecule has 3 aromatic carbocycles.